The van der Waals surface area contributed by atoms with Crippen LogP contribution in [-0.4, -0.2) is 49.4 Å². The summed E-state index contributed by atoms with van der Waals surface area (Å²) < 4.78 is 34.9. The van der Waals surface area contributed by atoms with Crippen LogP contribution < -0.4 is 0 Å². The minimum absolute atomic E-state index is 0.0195. The molecule has 2 fully saturated rings. The van der Waals surface area contributed by atoms with Crippen LogP contribution in [0.15, 0.2) is 18.7 Å². The number of hydrogen-bond donors (Lipinski definition) is 0. The van der Waals surface area contributed by atoms with E-state index in [0.717, 1.165) is 0 Å². The van der Waals surface area contributed by atoms with Crippen molar-refractivity contribution in [2.45, 2.75) is 51.7 Å². The van der Waals surface area contributed by atoms with Crippen LogP contribution in [0.5, 0.6) is 0 Å². The fourth-order valence-electron chi connectivity index (χ4n) is 4.10. The second kappa shape index (κ2) is 7.13. The molecule has 0 radical (unpaired) electrons. The van der Waals surface area contributed by atoms with Crippen molar-refractivity contribution in [1.82, 2.24) is 24.6 Å². The van der Waals surface area contributed by atoms with Crippen LogP contribution in [0.3, 0.4) is 0 Å². The van der Waals surface area contributed by atoms with E-state index in [2.05, 4.69) is 15.1 Å². The number of alkyl halides is 2. The van der Waals surface area contributed by atoms with E-state index in [-0.39, 0.29) is 23.2 Å². The summed E-state index contributed by atoms with van der Waals surface area (Å²) in [5, 5.41) is 4.49. The lowest BCUT2D eigenvalue weighted by Crippen LogP contribution is -2.64. The zero-order valence-corrected chi connectivity index (χ0v) is 18.6. The van der Waals surface area contributed by atoms with E-state index in [0.29, 0.717) is 40.8 Å². The molecule has 1 spiro atoms. The molecule has 1 saturated carbocycles. The topological polar surface area (TPSA) is 73.1 Å². The Morgan fingerprint density at radius 3 is 2.45 bits per heavy atom. The molecule has 0 N–H and O–H groups in total. The minimum Gasteiger partial charge on any atom is -0.444 e. The summed E-state index contributed by atoms with van der Waals surface area (Å²) in [6.07, 6.45) is 3.03. The lowest BCUT2D eigenvalue weighted by atomic mass is 9.61. The highest BCUT2D eigenvalue weighted by Gasteiger charge is 2.55. The fourth-order valence-corrected chi connectivity index (χ4v) is 5.00. The van der Waals surface area contributed by atoms with Gasteiger partial charge in [-0.2, -0.15) is 5.10 Å². The maximum atomic E-state index is 13.8. The molecule has 0 atom stereocenters. The van der Waals surface area contributed by atoms with E-state index < -0.39 is 12.0 Å². The van der Waals surface area contributed by atoms with Crippen molar-refractivity contribution < 1.29 is 18.3 Å². The predicted molar refractivity (Wildman–Crippen MR) is 109 cm³/mol. The van der Waals surface area contributed by atoms with E-state index in [1.165, 1.54) is 11.0 Å². The fraction of sp³-hybridized carbons (Fsp3) is 0.579. The number of hydrogen-bond acceptors (Lipinski definition) is 5. The molecule has 1 aliphatic heterocycles. The summed E-state index contributed by atoms with van der Waals surface area (Å²) in [4.78, 5) is 21.7. The van der Waals surface area contributed by atoms with Gasteiger partial charge in [0.2, 0.25) is 0 Å². The standard InChI is InChI=1S/C19H22F2IN5O2/c1-18(2,3)29-17(28)26-8-19(9-26)4-12(5-19)27-15(16(20)21)13(22)14(25-27)11-6-23-10-24-7-11/h6-7,10,12,16H,4-5,8-9H2,1-3H3. The van der Waals surface area contributed by atoms with Crippen molar-refractivity contribution in [2.24, 2.45) is 5.41 Å². The van der Waals surface area contributed by atoms with Crippen molar-refractivity contribution in [3.63, 3.8) is 0 Å². The van der Waals surface area contributed by atoms with Crippen LogP contribution in [0.1, 0.15) is 51.8 Å². The molecule has 0 bridgehead atoms. The van der Waals surface area contributed by atoms with Crippen LogP contribution in [0.2, 0.25) is 0 Å². The monoisotopic (exact) mass is 517 g/mol. The Kier molecular flexibility index (Phi) is 5.02. The number of ether oxygens (including phenoxy) is 1. The average molecular weight is 517 g/mol. The minimum atomic E-state index is -2.62. The van der Waals surface area contributed by atoms with Crippen molar-refractivity contribution in [3.8, 4) is 11.3 Å². The van der Waals surface area contributed by atoms with Crippen LogP contribution in [0.4, 0.5) is 13.6 Å². The summed E-state index contributed by atoms with van der Waals surface area (Å²) in [5.41, 5.74) is 0.483. The van der Waals surface area contributed by atoms with Crippen molar-refractivity contribution >= 4 is 28.7 Å². The van der Waals surface area contributed by atoms with Crippen molar-refractivity contribution in [2.75, 3.05) is 13.1 Å². The molecule has 7 nitrogen and oxygen atoms in total. The third-order valence-electron chi connectivity index (χ3n) is 5.32. The zero-order chi connectivity index (χ0) is 21.0. The molecule has 1 saturated heterocycles. The van der Waals surface area contributed by atoms with Gasteiger partial charge in [0.25, 0.3) is 6.43 Å². The Balaban J connectivity index is 1.47. The van der Waals surface area contributed by atoms with Crippen LogP contribution in [-0.2, 0) is 4.74 Å². The lowest BCUT2D eigenvalue weighted by molar-refractivity contribution is -0.0942. The van der Waals surface area contributed by atoms with Gasteiger partial charge in [0, 0.05) is 36.5 Å². The second-order valence-corrected chi connectivity index (χ2v) is 9.90. The molecule has 10 heteroatoms. The Morgan fingerprint density at radius 1 is 1.28 bits per heavy atom. The number of aromatic nitrogens is 4. The first-order chi connectivity index (χ1) is 13.6. The molecule has 1 amide bonds. The third-order valence-corrected chi connectivity index (χ3v) is 6.38. The van der Waals surface area contributed by atoms with Gasteiger partial charge >= 0.3 is 6.09 Å². The first kappa shape index (κ1) is 20.4. The quantitative estimate of drug-likeness (QED) is 0.563. The normalized spacial score (nSPS) is 18.7. The van der Waals surface area contributed by atoms with Crippen LogP contribution in [0, 0.1) is 8.99 Å². The van der Waals surface area contributed by atoms with Gasteiger partial charge in [-0.3, -0.25) is 4.68 Å². The van der Waals surface area contributed by atoms with Crippen molar-refractivity contribution in [1.29, 1.82) is 0 Å². The highest BCUT2D eigenvalue weighted by atomic mass is 127. The Morgan fingerprint density at radius 2 is 1.90 bits per heavy atom. The molecule has 2 aromatic rings. The molecule has 2 aliphatic rings. The third kappa shape index (κ3) is 3.82. The molecular formula is C19H22F2IN5O2. The number of halogens is 3. The zero-order valence-electron chi connectivity index (χ0n) is 16.4. The summed E-state index contributed by atoms with van der Waals surface area (Å²) in [6.45, 7) is 6.70. The Labute approximate surface area is 181 Å². The average Bonchev–Trinajstić information content (AvgIpc) is 2.89. The van der Waals surface area contributed by atoms with Gasteiger partial charge in [-0.1, -0.05) is 0 Å². The van der Waals surface area contributed by atoms with E-state index in [1.54, 1.807) is 17.3 Å². The number of rotatable bonds is 3. The molecule has 2 aromatic heterocycles. The maximum absolute atomic E-state index is 13.8. The summed E-state index contributed by atoms with van der Waals surface area (Å²) in [7, 11) is 0. The van der Waals surface area contributed by atoms with Gasteiger partial charge in [-0.15, -0.1) is 0 Å². The van der Waals surface area contributed by atoms with Gasteiger partial charge < -0.3 is 9.64 Å². The van der Waals surface area contributed by atoms with Gasteiger partial charge in [0.15, 0.2) is 0 Å². The number of carbonyl (C=O) groups is 1. The van der Waals surface area contributed by atoms with Gasteiger partial charge in [-0.05, 0) is 56.2 Å². The van der Waals surface area contributed by atoms with Crippen molar-refractivity contribution in [3.05, 3.63) is 28.0 Å². The largest absolute Gasteiger partial charge is 0.444 e. The van der Waals surface area contributed by atoms with E-state index in [9.17, 15) is 13.6 Å². The molecule has 1 aliphatic carbocycles. The first-order valence-corrected chi connectivity index (χ1v) is 10.5. The van der Waals surface area contributed by atoms with E-state index in [1.807, 2.05) is 43.4 Å². The number of carbonyl (C=O) groups excluding carboxylic acids is 1. The van der Waals surface area contributed by atoms with Gasteiger partial charge in [0.1, 0.15) is 23.3 Å². The van der Waals surface area contributed by atoms with Crippen LogP contribution in [0.25, 0.3) is 11.3 Å². The Bertz CT molecular complexity index is 915. The van der Waals surface area contributed by atoms with E-state index in [4.69, 9.17) is 4.74 Å². The highest BCUT2D eigenvalue weighted by molar-refractivity contribution is 14.1. The Hall–Kier alpha value is -1.85. The summed E-state index contributed by atoms with van der Waals surface area (Å²) in [5.74, 6) is 0. The first-order valence-electron chi connectivity index (χ1n) is 9.38. The smallest absolute Gasteiger partial charge is 0.410 e. The summed E-state index contributed by atoms with van der Waals surface area (Å²) in [6, 6.07) is -0.105. The number of amides is 1. The predicted octanol–water partition coefficient (Wildman–Crippen LogP) is 4.45. The lowest BCUT2D eigenvalue weighted by Gasteiger charge is -2.58. The molecular weight excluding hydrogens is 495 g/mol. The highest BCUT2D eigenvalue weighted by Crippen LogP contribution is 2.55. The SMILES string of the molecule is CC(C)(C)OC(=O)N1CC2(CC(n3nc(-c4cncnc4)c(I)c3C(F)F)C2)C1. The second-order valence-electron chi connectivity index (χ2n) is 8.82. The number of nitrogens with zero attached hydrogens (tertiary/aromatic N) is 5. The van der Waals surface area contributed by atoms with Gasteiger partial charge in [-0.25, -0.2) is 23.5 Å². The molecule has 29 heavy (non-hydrogen) atoms. The molecule has 0 unspecified atom stereocenters. The van der Waals surface area contributed by atoms with Crippen LogP contribution >= 0.6 is 22.6 Å². The molecule has 0 aromatic carbocycles. The summed E-state index contributed by atoms with van der Waals surface area (Å²) >= 11 is 1.92. The van der Waals surface area contributed by atoms with Gasteiger partial charge in [0.05, 0.1) is 9.61 Å². The molecule has 4 rings (SSSR count). The van der Waals surface area contributed by atoms with E-state index >= 15 is 0 Å². The molecule has 156 valence electrons. The maximum Gasteiger partial charge on any atom is 0.410 e. The molecule has 3 heterocycles. The number of likely N-dealkylation sites (tertiary alicyclic amines) is 1.